The fourth-order valence-electron chi connectivity index (χ4n) is 2.41. The number of hydrogen-bond donors (Lipinski definition) is 1. The van der Waals surface area contributed by atoms with Gasteiger partial charge in [0.25, 0.3) is 0 Å². The van der Waals surface area contributed by atoms with Gasteiger partial charge in [0, 0.05) is 26.1 Å². The van der Waals surface area contributed by atoms with E-state index in [0.29, 0.717) is 13.0 Å². The van der Waals surface area contributed by atoms with Gasteiger partial charge in [0.05, 0.1) is 6.61 Å². The molecular weight excluding hydrogens is 265 g/mol. The van der Waals surface area contributed by atoms with E-state index < -0.39 is 0 Å². The minimum absolute atomic E-state index is 0.129. The highest BCUT2D eigenvalue weighted by Gasteiger charge is 2.14. The number of halogens is 1. The number of nitrogens with one attached hydrogen (secondary N) is 1. The van der Waals surface area contributed by atoms with E-state index in [9.17, 15) is 4.39 Å². The van der Waals surface area contributed by atoms with Gasteiger partial charge < -0.3 is 10.1 Å². The summed E-state index contributed by atoms with van der Waals surface area (Å²) in [6, 6.07) is 17.3. The molecular formula is C18H22FNO. The third kappa shape index (κ3) is 4.96. The van der Waals surface area contributed by atoms with Crippen LogP contribution in [0.4, 0.5) is 4.39 Å². The highest BCUT2D eigenvalue weighted by Crippen LogP contribution is 2.21. The molecule has 0 radical (unpaired) electrons. The van der Waals surface area contributed by atoms with Crippen LogP contribution in [0.25, 0.3) is 0 Å². The molecule has 0 spiro atoms. The summed E-state index contributed by atoms with van der Waals surface area (Å²) in [5.74, 6) is 0.121. The number of ether oxygens (including phenoxy) is 1. The van der Waals surface area contributed by atoms with Crippen molar-refractivity contribution in [2.24, 2.45) is 0 Å². The number of rotatable bonds is 8. The van der Waals surface area contributed by atoms with Crippen molar-refractivity contribution in [1.29, 1.82) is 0 Å². The summed E-state index contributed by atoms with van der Waals surface area (Å²) in [6.07, 6.45) is 0.691. The lowest BCUT2D eigenvalue weighted by atomic mass is 9.91. The first-order chi connectivity index (χ1) is 10.3. The summed E-state index contributed by atoms with van der Waals surface area (Å²) in [6.45, 7) is 2.29. The molecule has 0 aliphatic heterocycles. The molecule has 0 aromatic heterocycles. The van der Waals surface area contributed by atoms with Gasteiger partial charge in [-0.15, -0.1) is 0 Å². The number of benzene rings is 2. The molecule has 0 aliphatic carbocycles. The minimum Gasteiger partial charge on any atom is -0.383 e. The molecule has 1 unspecified atom stereocenters. The second kappa shape index (κ2) is 8.55. The normalized spacial score (nSPS) is 12.3. The third-order valence-corrected chi connectivity index (χ3v) is 3.57. The lowest BCUT2D eigenvalue weighted by Gasteiger charge is -2.18. The maximum Gasteiger partial charge on any atom is 0.126 e. The van der Waals surface area contributed by atoms with Gasteiger partial charge in [0.2, 0.25) is 0 Å². The predicted octanol–water partition coefficient (Wildman–Crippen LogP) is 3.39. The Morgan fingerprint density at radius 2 is 1.76 bits per heavy atom. The average molecular weight is 287 g/mol. The number of methoxy groups -OCH3 is 1. The van der Waals surface area contributed by atoms with Crippen molar-refractivity contribution in [3.63, 3.8) is 0 Å². The van der Waals surface area contributed by atoms with Crippen molar-refractivity contribution in [3.05, 3.63) is 71.5 Å². The van der Waals surface area contributed by atoms with E-state index in [0.717, 1.165) is 18.7 Å². The molecule has 2 nitrogen and oxygen atoms in total. The Balaban J connectivity index is 2.07. The number of hydrogen-bond acceptors (Lipinski definition) is 2. The van der Waals surface area contributed by atoms with E-state index >= 15 is 0 Å². The van der Waals surface area contributed by atoms with Gasteiger partial charge in [0.1, 0.15) is 5.82 Å². The van der Waals surface area contributed by atoms with Crippen molar-refractivity contribution in [2.45, 2.75) is 12.3 Å². The summed E-state index contributed by atoms with van der Waals surface area (Å²) >= 11 is 0. The SMILES string of the molecule is COCCNCC(Cc1ccccc1F)c1ccccc1. The molecule has 1 N–H and O–H groups in total. The van der Waals surface area contributed by atoms with E-state index in [4.69, 9.17) is 4.74 Å². The Kier molecular flexibility index (Phi) is 6.38. The van der Waals surface area contributed by atoms with Gasteiger partial charge in [-0.1, -0.05) is 48.5 Å². The maximum absolute atomic E-state index is 13.9. The van der Waals surface area contributed by atoms with Gasteiger partial charge in [-0.2, -0.15) is 0 Å². The zero-order valence-corrected chi connectivity index (χ0v) is 12.4. The maximum atomic E-state index is 13.9. The van der Waals surface area contributed by atoms with E-state index in [1.807, 2.05) is 30.3 Å². The molecule has 2 aromatic rings. The van der Waals surface area contributed by atoms with E-state index in [2.05, 4.69) is 17.4 Å². The van der Waals surface area contributed by atoms with Crippen LogP contribution < -0.4 is 5.32 Å². The van der Waals surface area contributed by atoms with Gasteiger partial charge in [-0.25, -0.2) is 4.39 Å². The van der Waals surface area contributed by atoms with Crippen LogP contribution in [0.1, 0.15) is 17.0 Å². The largest absolute Gasteiger partial charge is 0.383 e. The molecule has 2 aromatic carbocycles. The van der Waals surface area contributed by atoms with Crippen molar-refractivity contribution in [3.8, 4) is 0 Å². The predicted molar refractivity (Wildman–Crippen MR) is 84.0 cm³/mol. The molecule has 0 saturated heterocycles. The summed E-state index contributed by atoms with van der Waals surface area (Å²) in [7, 11) is 1.69. The lowest BCUT2D eigenvalue weighted by Crippen LogP contribution is -2.26. The monoisotopic (exact) mass is 287 g/mol. The van der Waals surface area contributed by atoms with E-state index in [-0.39, 0.29) is 11.7 Å². The van der Waals surface area contributed by atoms with Crippen LogP contribution in [0.2, 0.25) is 0 Å². The summed E-state index contributed by atoms with van der Waals surface area (Å²) in [4.78, 5) is 0. The van der Waals surface area contributed by atoms with Crippen LogP contribution in [0, 0.1) is 5.82 Å². The van der Waals surface area contributed by atoms with Crippen LogP contribution in [-0.4, -0.2) is 26.8 Å². The smallest absolute Gasteiger partial charge is 0.126 e. The molecule has 0 bridgehead atoms. The molecule has 0 heterocycles. The van der Waals surface area contributed by atoms with Crippen LogP contribution in [0.15, 0.2) is 54.6 Å². The minimum atomic E-state index is -0.129. The van der Waals surface area contributed by atoms with Crippen LogP contribution in [0.3, 0.4) is 0 Å². The first-order valence-corrected chi connectivity index (χ1v) is 7.29. The van der Waals surface area contributed by atoms with Gasteiger partial charge in [-0.05, 0) is 23.6 Å². The molecule has 21 heavy (non-hydrogen) atoms. The second-order valence-electron chi connectivity index (χ2n) is 5.10. The fraction of sp³-hybridized carbons (Fsp3) is 0.333. The van der Waals surface area contributed by atoms with Crippen molar-refractivity contribution in [2.75, 3.05) is 26.8 Å². The lowest BCUT2D eigenvalue weighted by molar-refractivity contribution is 0.199. The average Bonchev–Trinajstić information content (AvgIpc) is 2.53. The molecule has 112 valence electrons. The van der Waals surface area contributed by atoms with Crippen LogP contribution >= 0.6 is 0 Å². The van der Waals surface area contributed by atoms with E-state index in [1.165, 1.54) is 11.6 Å². The highest BCUT2D eigenvalue weighted by atomic mass is 19.1. The third-order valence-electron chi connectivity index (χ3n) is 3.57. The Morgan fingerprint density at radius 3 is 2.48 bits per heavy atom. The fourth-order valence-corrected chi connectivity index (χ4v) is 2.41. The standard InChI is InChI=1S/C18H22FNO/c1-21-12-11-20-14-17(15-7-3-2-4-8-15)13-16-9-5-6-10-18(16)19/h2-10,17,20H,11-14H2,1H3. The topological polar surface area (TPSA) is 21.3 Å². The highest BCUT2D eigenvalue weighted by molar-refractivity contribution is 5.25. The first-order valence-electron chi connectivity index (χ1n) is 7.29. The molecule has 1 atom stereocenters. The summed E-state index contributed by atoms with van der Waals surface area (Å²) in [5.41, 5.74) is 1.99. The van der Waals surface area contributed by atoms with Crippen LogP contribution in [-0.2, 0) is 11.2 Å². The molecule has 3 heteroatoms. The summed E-state index contributed by atoms with van der Waals surface area (Å²) < 4.78 is 18.9. The van der Waals surface area contributed by atoms with Gasteiger partial charge in [-0.3, -0.25) is 0 Å². The molecule has 0 amide bonds. The van der Waals surface area contributed by atoms with Crippen molar-refractivity contribution >= 4 is 0 Å². The zero-order chi connectivity index (χ0) is 14.9. The summed E-state index contributed by atoms with van der Waals surface area (Å²) in [5, 5.41) is 3.38. The van der Waals surface area contributed by atoms with Crippen molar-refractivity contribution in [1.82, 2.24) is 5.32 Å². The van der Waals surface area contributed by atoms with Crippen molar-refractivity contribution < 1.29 is 9.13 Å². The van der Waals surface area contributed by atoms with E-state index in [1.54, 1.807) is 13.2 Å². The van der Waals surface area contributed by atoms with Crippen LogP contribution in [0.5, 0.6) is 0 Å². The molecule has 0 fully saturated rings. The molecule has 0 saturated carbocycles. The quantitative estimate of drug-likeness (QED) is 0.751. The Bertz CT molecular complexity index is 530. The van der Waals surface area contributed by atoms with Gasteiger partial charge in [0.15, 0.2) is 0 Å². The zero-order valence-electron chi connectivity index (χ0n) is 12.4. The second-order valence-corrected chi connectivity index (χ2v) is 5.10. The van der Waals surface area contributed by atoms with Gasteiger partial charge >= 0.3 is 0 Å². The Hall–Kier alpha value is -1.71. The molecule has 0 aliphatic rings. The molecule has 2 rings (SSSR count). The Morgan fingerprint density at radius 1 is 1.05 bits per heavy atom. The Labute approximate surface area is 126 Å². The first kappa shape index (κ1) is 15.7.